The lowest BCUT2D eigenvalue weighted by molar-refractivity contribution is -0.0505. The summed E-state index contributed by atoms with van der Waals surface area (Å²) in [6.07, 6.45) is 3.36. The van der Waals surface area contributed by atoms with Gasteiger partial charge in [-0.2, -0.15) is 8.78 Å². The van der Waals surface area contributed by atoms with Crippen LogP contribution in [0.3, 0.4) is 0 Å². The van der Waals surface area contributed by atoms with Crippen molar-refractivity contribution in [2.24, 2.45) is 0 Å². The Morgan fingerprint density at radius 2 is 1.75 bits per heavy atom. The van der Waals surface area contributed by atoms with E-state index in [1.807, 2.05) is 19.1 Å². The van der Waals surface area contributed by atoms with Crippen LogP contribution in [0.25, 0.3) is 0 Å². The van der Waals surface area contributed by atoms with Crippen molar-refractivity contribution in [1.29, 1.82) is 0 Å². The van der Waals surface area contributed by atoms with Crippen molar-refractivity contribution in [1.82, 2.24) is 4.98 Å². The van der Waals surface area contributed by atoms with Gasteiger partial charge in [-0.25, -0.2) is 0 Å². The van der Waals surface area contributed by atoms with Gasteiger partial charge in [-0.15, -0.1) is 11.6 Å². The summed E-state index contributed by atoms with van der Waals surface area (Å²) in [4.78, 5) is 3.95. The molecule has 2 atom stereocenters. The van der Waals surface area contributed by atoms with Crippen LogP contribution in [0.2, 0.25) is 0 Å². The fourth-order valence-electron chi connectivity index (χ4n) is 2.02. The van der Waals surface area contributed by atoms with E-state index in [0.29, 0.717) is 5.56 Å². The predicted molar refractivity (Wildman–Crippen MR) is 74.3 cm³/mol. The van der Waals surface area contributed by atoms with Crippen molar-refractivity contribution in [2.45, 2.75) is 24.8 Å². The molecule has 106 valence electrons. The monoisotopic (exact) mass is 297 g/mol. The van der Waals surface area contributed by atoms with Gasteiger partial charge in [-0.1, -0.05) is 25.1 Å². The molecular weight excluding hydrogens is 284 g/mol. The molecule has 1 heterocycles. The van der Waals surface area contributed by atoms with E-state index < -0.39 is 12.0 Å². The van der Waals surface area contributed by atoms with Gasteiger partial charge in [0.15, 0.2) is 0 Å². The average Bonchev–Trinajstić information content (AvgIpc) is 2.46. The number of benzene rings is 1. The second-order valence-electron chi connectivity index (χ2n) is 4.39. The molecule has 1 aromatic carbocycles. The maximum Gasteiger partial charge on any atom is 0.387 e. The molecule has 0 N–H and O–H groups in total. The Labute approximate surface area is 121 Å². The van der Waals surface area contributed by atoms with Crippen molar-refractivity contribution in [3.63, 3.8) is 0 Å². The molecule has 0 radical (unpaired) electrons. The number of rotatable bonds is 5. The molecule has 2 nitrogen and oxygen atoms in total. The van der Waals surface area contributed by atoms with Crippen LogP contribution < -0.4 is 4.74 Å². The van der Waals surface area contributed by atoms with E-state index in [4.69, 9.17) is 11.6 Å². The van der Waals surface area contributed by atoms with Gasteiger partial charge in [0.2, 0.25) is 0 Å². The highest BCUT2D eigenvalue weighted by molar-refractivity contribution is 6.21. The number of hydrogen-bond donors (Lipinski definition) is 0. The zero-order valence-electron chi connectivity index (χ0n) is 10.8. The summed E-state index contributed by atoms with van der Waals surface area (Å²) in [7, 11) is 0. The minimum Gasteiger partial charge on any atom is -0.434 e. The minimum atomic E-state index is -2.86. The van der Waals surface area contributed by atoms with Crippen LogP contribution in [0.1, 0.15) is 29.3 Å². The molecular formula is C15H14ClF2NO. The first-order valence-electron chi connectivity index (χ1n) is 6.17. The molecule has 0 aliphatic heterocycles. The lowest BCUT2D eigenvalue weighted by atomic mass is 9.93. The predicted octanol–water partition coefficient (Wildman–Crippen LogP) is 4.77. The summed E-state index contributed by atoms with van der Waals surface area (Å²) in [5.74, 6) is 0.0606. The Balaban J connectivity index is 2.27. The number of ether oxygens (including phenoxy) is 1. The van der Waals surface area contributed by atoms with E-state index in [-0.39, 0.29) is 11.7 Å². The van der Waals surface area contributed by atoms with E-state index in [1.165, 1.54) is 6.07 Å². The van der Waals surface area contributed by atoms with Crippen molar-refractivity contribution < 1.29 is 13.5 Å². The highest BCUT2D eigenvalue weighted by Crippen LogP contribution is 2.40. The summed E-state index contributed by atoms with van der Waals surface area (Å²) < 4.78 is 29.4. The third kappa shape index (κ3) is 3.45. The molecule has 2 rings (SSSR count). The molecule has 5 heteroatoms. The lowest BCUT2D eigenvalue weighted by Crippen LogP contribution is -2.08. The highest BCUT2D eigenvalue weighted by atomic mass is 35.5. The van der Waals surface area contributed by atoms with E-state index in [2.05, 4.69) is 9.72 Å². The molecule has 0 amide bonds. The second-order valence-corrected chi connectivity index (χ2v) is 4.86. The van der Waals surface area contributed by atoms with Crippen LogP contribution in [0.4, 0.5) is 8.78 Å². The maximum absolute atomic E-state index is 12.4. The number of alkyl halides is 3. The van der Waals surface area contributed by atoms with E-state index >= 15 is 0 Å². The molecule has 20 heavy (non-hydrogen) atoms. The number of para-hydroxylation sites is 1. The maximum atomic E-state index is 12.4. The van der Waals surface area contributed by atoms with Crippen molar-refractivity contribution in [3.8, 4) is 5.75 Å². The van der Waals surface area contributed by atoms with Gasteiger partial charge < -0.3 is 4.74 Å². The Morgan fingerprint density at radius 3 is 2.40 bits per heavy atom. The Bertz CT molecular complexity index is 551. The molecule has 0 aliphatic carbocycles. The SMILES string of the molecule is CC(c1ccncc1)C(Cl)c1ccccc1OC(F)F. The van der Waals surface area contributed by atoms with Crippen molar-refractivity contribution in [2.75, 3.05) is 0 Å². The molecule has 0 saturated carbocycles. The van der Waals surface area contributed by atoms with Gasteiger partial charge in [0, 0.05) is 23.9 Å². The molecule has 2 aromatic rings. The number of nitrogens with zero attached hydrogens (tertiary/aromatic N) is 1. The van der Waals surface area contributed by atoms with Gasteiger partial charge in [0.05, 0.1) is 5.38 Å². The van der Waals surface area contributed by atoms with Crippen LogP contribution >= 0.6 is 11.6 Å². The van der Waals surface area contributed by atoms with E-state index in [1.54, 1.807) is 30.6 Å². The van der Waals surface area contributed by atoms with Gasteiger partial charge in [-0.05, 0) is 23.8 Å². The topological polar surface area (TPSA) is 22.1 Å². The fraction of sp³-hybridized carbons (Fsp3) is 0.267. The molecule has 0 bridgehead atoms. The summed E-state index contributed by atoms with van der Waals surface area (Å²) >= 11 is 6.43. The lowest BCUT2D eigenvalue weighted by Gasteiger charge is -2.21. The molecule has 0 saturated heterocycles. The summed E-state index contributed by atoms with van der Waals surface area (Å²) in [5, 5.41) is -0.465. The number of aromatic nitrogens is 1. The first-order chi connectivity index (χ1) is 9.59. The molecule has 0 fully saturated rings. The smallest absolute Gasteiger partial charge is 0.387 e. The van der Waals surface area contributed by atoms with Crippen LogP contribution in [-0.4, -0.2) is 11.6 Å². The average molecular weight is 298 g/mol. The Morgan fingerprint density at radius 1 is 1.10 bits per heavy atom. The summed E-state index contributed by atoms with van der Waals surface area (Å²) in [6, 6.07) is 10.3. The highest BCUT2D eigenvalue weighted by Gasteiger charge is 2.22. The van der Waals surface area contributed by atoms with Gasteiger partial charge in [0.25, 0.3) is 0 Å². The molecule has 1 aromatic heterocycles. The first kappa shape index (κ1) is 14.7. The largest absolute Gasteiger partial charge is 0.434 e. The van der Waals surface area contributed by atoms with E-state index in [9.17, 15) is 8.78 Å². The second kappa shape index (κ2) is 6.66. The standard InChI is InChI=1S/C15H14ClF2NO/c1-10(11-6-8-19-9-7-11)14(16)12-4-2-3-5-13(12)20-15(17)18/h2-10,14-15H,1H3. The zero-order valence-corrected chi connectivity index (χ0v) is 11.6. The Kier molecular flexibility index (Phi) is 4.90. The fourth-order valence-corrected chi connectivity index (χ4v) is 2.34. The zero-order chi connectivity index (χ0) is 14.5. The molecule has 0 spiro atoms. The quantitative estimate of drug-likeness (QED) is 0.742. The molecule has 0 aliphatic rings. The number of halogens is 3. The van der Waals surface area contributed by atoms with Gasteiger partial charge in [-0.3, -0.25) is 4.98 Å². The van der Waals surface area contributed by atoms with Crippen molar-refractivity contribution in [3.05, 3.63) is 59.9 Å². The van der Waals surface area contributed by atoms with Crippen LogP contribution in [0, 0.1) is 0 Å². The van der Waals surface area contributed by atoms with Crippen LogP contribution in [-0.2, 0) is 0 Å². The molecule has 2 unspecified atom stereocenters. The third-order valence-electron chi connectivity index (χ3n) is 3.10. The summed E-state index contributed by atoms with van der Waals surface area (Å²) in [6.45, 7) is -0.928. The number of pyridine rings is 1. The summed E-state index contributed by atoms with van der Waals surface area (Å²) in [5.41, 5.74) is 1.55. The van der Waals surface area contributed by atoms with E-state index in [0.717, 1.165) is 5.56 Å². The van der Waals surface area contributed by atoms with Gasteiger partial charge in [0.1, 0.15) is 5.75 Å². The van der Waals surface area contributed by atoms with Crippen LogP contribution in [0.5, 0.6) is 5.75 Å². The first-order valence-corrected chi connectivity index (χ1v) is 6.61. The number of hydrogen-bond acceptors (Lipinski definition) is 2. The Hall–Kier alpha value is -1.68. The minimum absolute atomic E-state index is 0.0536. The normalized spacial score (nSPS) is 14.1. The van der Waals surface area contributed by atoms with Crippen LogP contribution in [0.15, 0.2) is 48.8 Å². The third-order valence-corrected chi connectivity index (χ3v) is 3.72. The van der Waals surface area contributed by atoms with Crippen molar-refractivity contribution >= 4 is 11.6 Å². The van der Waals surface area contributed by atoms with Gasteiger partial charge >= 0.3 is 6.61 Å².